The summed E-state index contributed by atoms with van der Waals surface area (Å²) >= 11 is 0. The van der Waals surface area contributed by atoms with Gasteiger partial charge in [0, 0.05) is 5.69 Å². The van der Waals surface area contributed by atoms with Crippen molar-refractivity contribution >= 4 is 17.6 Å². The van der Waals surface area contributed by atoms with E-state index in [9.17, 15) is 9.59 Å². The van der Waals surface area contributed by atoms with Crippen molar-refractivity contribution in [1.82, 2.24) is 0 Å². The van der Waals surface area contributed by atoms with Crippen LogP contribution in [-0.2, 0) is 14.3 Å². The summed E-state index contributed by atoms with van der Waals surface area (Å²) in [5, 5.41) is 10.9. The lowest BCUT2D eigenvalue weighted by Gasteiger charge is -2.10. The standard InChI is InChI=1S/C13H17NO5/c1-9(2)19-11-5-3-10(4-6-11)14-12(15)7-18-8-13(16)17/h3-6,9H,7-8H2,1-2H3,(H,14,15)(H,16,17). The summed E-state index contributed by atoms with van der Waals surface area (Å²) in [6.07, 6.45) is 0.0878. The van der Waals surface area contributed by atoms with Crippen molar-refractivity contribution in [1.29, 1.82) is 0 Å². The van der Waals surface area contributed by atoms with Gasteiger partial charge in [0.05, 0.1) is 6.10 Å². The number of benzene rings is 1. The number of carboxylic acid groups (broad SMARTS) is 1. The highest BCUT2D eigenvalue weighted by atomic mass is 16.5. The van der Waals surface area contributed by atoms with Crippen LogP contribution in [0.2, 0.25) is 0 Å². The summed E-state index contributed by atoms with van der Waals surface area (Å²) in [4.78, 5) is 21.6. The summed E-state index contributed by atoms with van der Waals surface area (Å²) in [5.74, 6) is -0.795. The highest BCUT2D eigenvalue weighted by molar-refractivity contribution is 5.91. The molecule has 0 spiro atoms. The third-order valence-electron chi connectivity index (χ3n) is 1.97. The quantitative estimate of drug-likeness (QED) is 0.782. The van der Waals surface area contributed by atoms with Gasteiger partial charge in [0.25, 0.3) is 0 Å². The number of carbonyl (C=O) groups excluding carboxylic acids is 1. The summed E-state index contributed by atoms with van der Waals surface area (Å²) in [5.41, 5.74) is 0.597. The maximum absolute atomic E-state index is 11.4. The zero-order valence-electron chi connectivity index (χ0n) is 10.9. The number of aliphatic carboxylic acids is 1. The molecule has 0 fully saturated rings. The van der Waals surface area contributed by atoms with Crippen LogP contribution in [0, 0.1) is 0 Å². The van der Waals surface area contributed by atoms with Gasteiger partial charge >= 0.3 is 5.97 Å². The largest absolute Gasteiger partial charge is 0.491 e. The van der Waals surface area contributed by atoms with Crippen LogP contribution in [0.1, 0.15) is 13.8 Å². The first-order valence-electron chi connectivity index (χ1n) is 5.83. The number of nitrogens with one attached hydrogen (secondary N) is 1. The number of hydrogen-bond donors (Lipinski definition) is 2. The fourth-order valence-electron chi connectivity index (χ4n) is 1.32. The molecule has 0 aliphatic rings. The first-order chi connectivity index (χ1) is 8.97. The maximum Gasteiger partial charge on any atom is 0.329 e. The molecule has 0 aliphatic heterocycles. The number of amides is 1. The molecule has 1 amide bonds. The van der Waals surface area contributed by atoms with Gasteiger partial charge in [-0.2, -0.15) is 0 Å². The van der Waals surface area contributed by atoms with Crippen molar-refractivity contribution in [2.24, 2.45) is 0 Å². The molecule has 0 atom stereocenters. The molecule has 1 aromatic carbocycles. The fourth-order valence-corrected chi connectivity index (χ4v) is 1.32. The summed E-state index contributed by atoms with van der Waals surface area (Å²) in [7, 11) is 0. The van der Waals surface area contributed by atoms with E-state index in [0.717, 1.165) is 5.75 Å². The van der Waals surface area contributed by atoms with Crippen molar-refractivity contribution < 1.29 is 24.2 Å². The van der Waals surface area contributed by atoms with Gasteiger partial charge in [-0.25, -0.2) is 4.79 Å². The third-order valence-corrected chi connectivity index (χ3v) is 1.97. The lowest BCUT2D eigenvalue weighted by Crippen LogP contribution is -2.20. The second-order valence-electron chi connectivity index (χ2n) is 4.13. The van der Waals surface area contributed by atoms with Crippen molar-refractivity contribution in [3.63, 3.8) is 0 Å². The second kappa shape index (κ2) is 7.38. The Bertz CT molecular complexity index is 427. The second-order valence-corrected chi connectivity index (χ2v) is 4.13. The van der Waals surface area contributed by atoms with Crippen molar-refractivity contribution in [3.8, 4) is 5.75 Å². The highest BCUT2D eigenvalue weighted by Crippen LogP contribution is 2.16. The van der Waals surface area contributed by atoms with Crippen LogP contribution in [0.5, 0.6) is 5.75 Å². The lowest BCUT2D eigenvalue weighted by molar-refractivity contribution is -0.143. The number of hydrogen-bond acceptors (Lipinski definition) is 4. The Morgan fingerprint density at radius 2 is 1.84 bits per heavy atom. The van der Waals surface area contributed by atoms with Crippen LogP contribution >= 0.6 is 0 Å². The van der Waals surface area contributed by atoms with Crippen molar-refractivity contribution in [2.75, 3.05) is 18.5 Å². The zero-order chi connectivity index (χ0) is 14.3. The van der Waals surface area contributed by atoms with Crippen LogP contribution in [0.4, 0.5) is 5.69 Å². The van der Waals surface area contributed by atoms with Gasteiger partial charge in [-0.1, -0.05) is 0 Å². The minimum Gasteiger partial charge on any atom is -0.491 e. The van der Waals surface area contributed by atoms with Crippen LogP contribution in [0.25, 0.3) is 0 Å². The molecule has 19 heavy (non-hydrogen) atoms. The lowest BCUT2D eigenvalue weighted by atomic mass is 10.3. The van der Waals surface area contributed by atoms with Gasteiger partial charge in [0.1, 0.15) is 19.0 Å². The van der Waals surface area contributed by atoms with E-state index in [4.69, 9.17) is 9.84 Å². The van der Waals surface area contributed by atoms with Gasteiger partial charge in [0.2, 0.25) is 5.91 Å². The molecular weight excluding hydrogens is 250 g/mol. The van der Waals surface area contributed by atoms with Gasteiger partial charge in [-0.05, 0) is 38.1 Å². The summed E-state index contributed by atoms with van der Waals surface area (Å²) in [6.45, 7) is 3.07. The Balaban J connectivity index is 2.40. The average molecular weight is 267 g/mol. The molecular formula is C13H17NO5. The topological polar surface area (TPSA) is 84.9 Å². The first-order valence-corrected chi connectivity index (χ1v) is 5.83. The summed E-state index contributed by atoms with van der Waals surface area (Å²) < 4.78 is 10.1. The normalized spacial score (nSPS) is 10.3. The molecule has 0 bridgehead atoms. The van der Waals surface area contributed by atoms with Crippen LogP contribution in [-0.4, -0.2) is 36.3 Å². The Morgan fingerprint density at radius 3 is 2.37 bits per heavy atom. The van der Waals surface area contributed by atoms with E-state index in [0.29, 0.717) is 5.69 Å². The molecule has 104 valence electrons. The fraction of sp³-hybridized carbons (Fsp3) is 0.385. The van der Waals surface area contributed by atoms with E-state index in [-0.39, 0.29) is 12.7 Å². The predicted molar refractivity (Wildman–Crippen MR) is 69.3 cm³/mol. The number of carbonyl (C=O) groups is 2. The first kappa shape index (κ1) is 15.0. The molecule has 0 aromatic heterocycles. The molecule has 0 saturated heterocycles. The number of anilines is 1. The molecule has 1 rings (SSSR count). The molecule has 0 unspecified atom stereocenters. The van der Waals surface area contributed by atoms with Crippen molar-refractivity contribution in [3.05, 3.63) is 24.3 Å². The molecule has 1 aromatic rings. The molecule has 6 nitrogen and oxygen atoms in total. The molecule has 0 aliphatic carbocycles. The average Bonchev–Trinajstić information content (AvgIpc) is 2.30. The molecule has 0 radical (unpaired) electrons. The maximum atomic E-state index is 11.4. The van der Waals surface area contributed by atoms with Crippen LogP contribution in [0.15, 0.2) is 24.3 Å². The molecule has 0 heterocycles. The number of rotatable bonds is 7. The molecule has 0 saturated carbocycles. The molecule has 6 heteroatoms. The van der Waals surface area contributed by atoms with Crippen molar-refractivity contribution in [2.45, 2.75) is 20.0 Å². The smallest absolute Gasteiger partial charge is 0.329 e. The van der Waals surface area contributed by atoms with Gasteiger partial charge in [-0.3, -0.25) is 4.79 Å². The monoisotopic (exact) mass is 267 g/mol. The zero-order valence-corrected chi connectivity index (χ0v) is 10.9. The van der Waals surface area contributed by atoms with E-state index in [1.165, 1.54) is 0 Å². The van der Waals surface area contributed by atoms with E-state index < -0.39 is 18.5 Å². The molecule has 2 N–H and O–H groups in total. The van der Waals surface area contributed by atoms with Crippen LogP contribution < -0.4 is 10.1 Å². The number of ether oxygens (including phenoxy) is 2. The summed E-state index contributed by atoms with van der Waals surface area (Å²) in [6, 6.07) is 6.89. The van der Waals surface area contributed by atoms with Gasteiger partial charge < -0.3 is 19.9 Å². The van der Waals surface area contributed by atoms with E-state index in [1.807, 2.05) is 13.8 Å². The Labute approximate surface area is 111 Å². The van der Waals surface area contributed by atoms with E-state index in [1.54, 1.807) is 24.3 Å². The SMILES string of the molecule is CC(C)Oc1ccc(NC(=O)COCC(=O)O)cc1. The highest BCUT2D eigenvalue weighted by Gasteiger charge is 2.05. The minimum atomic E-state index is -1.11. The Morgan fingerprint density at radius 1 is 1.21 bits per heavy atom. The third kappa shape index (κ3) is 6.42. The van der Waals surface area contributed by atoms with E-state index in [2.05, 4.69) is 10.1 Å². The van der Waals surface area contributed by atoms with Crippen LogP contribution in [0.3, 0.4) is 0 Å². The van der Waals surface area contributed by atoms with Gasteiger partial charge in [0.15, 0.2) is 0 Å². The Kier molecular flexibility index (Phi) is 5.81. The van der Waals surface area contributed by atoms with Gasteiger partial charge in [-0.15, -0.1) is 0 Å². The minimum absolute atomic E-state index is 0.0878. The Hall–Kier alpha value is -2.08. The van der Waals surface area contributed by atoms with E-state index >= 15 is 0 Å². The number of carboxylic acids is 1. The predicted octanol–water partition coefficient (Wildman–Crippen LogP) is 1.51.